The van der Waals surface area contributed by atoms with Crippen LogP contribution in [0.5, 0.6) is 0 Å². The van der Waals surface area contributed by atoms with Crippen molar-refractivity contribution in [2.75, 3.05) is 13.2 Å². The molecule has 39 heavy (non-hydrogen) atoms. The van der Waals surface area contributed by atoms with Crippen LogP contribution in [0.3, 0.4) is 0 Å². The van der Waals surface area contributed by atoms with Crippen molar-refractivity contribution in [1.82, 2.24) is 19.1 Å². The Labute approximate surface area is 299 Å². The Morgan fingerprint density at radius 2 is 1.31 bits per heavy atom. The largest absolute Gasteiger partial charge is 2.00 e. The summed E-state index contributed by atoms with van der Waals surface area (Å²) in [4.78, 5) is 9.24. The van der Waals surface area contributed by atoms with Gasteiger partial charge in [-0.1, -0.05) is 27.7 Å². The fraction of sp³-hybridized carbons (Fsp3) is 0.759. The number of ether oxygens (including phenoxy) is 1. The van der Waals surface area contributed by atoms with E-state index in [1.807, 2.05) is 20.3 Å². The predicted octanol–water partition coefficient (Wildman–Crippen LogP) is 5.15. The first-order valence-electron chi connectivity index (χ1n) is 14.0. The third kappa shape index (κ3) is 7.48. The van der Waals surface area contributed by atoms with Crippen molar-refractivity contribution in [3.8, 4) is 0 Å². The van der Waals surface area contributed by atoms with Gasteiger partial charge in [-0.05, 0) is 130 Å². The molecule has 4 bridgehead atoms. The Kier molecular flexibility index (Phi) is 13.8. The molecule has 6 saturated carbocycles. The molecule has 0 amide bonds. The van der Waals surface area contributed by atoms with Crippen molar-refractivity contribution in [3.05, 3.63) is 35.4 Å². The molecule has 1 saturated heterocycles. The monoisotopic (exact) mass is 904 g/mol. The van der Waals surface area contributed by atoms with Gasteiger partial charge in [-0.15, -0.1) is 0 Å². The van der Waals surface area contributed by atoms with E-state index >= 15 is 0 Å². The van der Waals surface area contributed by atoms with Crippen LogP contribution in [0, 0.1) is 28.4 Å². The molecule has 1 aliphatic heterocycles. The quantitative estimate of drug-likeness (QED) is 0.243. The zero-order valence-electron chi connectivity index (χ0n) is 24.6. The normalized spacial score (nSPS) is 31.9. The number of aryl methyl sites for hydroxylation is 2. The summed E-state index contributed by atoms with van der Waals surface area (Å²) in [5.74, 6) is 2.56. The molecule has 10 heteroatoms. The molecule has 6 aliphatic carbocycles. The van der Waals surface area contributed by atoms with Crippen molar-refractivity contribution in [3.63, 3.8) is 0 Å². The summed E-state index contributed by atoms with van der Waals surface area (Å²) >= 11 is 7.13. The maximum Gasteiger partial charge on any atom is 2.00 e. The van der Waals surface area contributed by atoms with Crippen molar-refractivity contribution < 1.29 is 17.1 Å². The molecular weight excluding hydrogens is 861 g/mol. The molecule has 0 radical (unpaired) electrons. The summed E-state index contributed by atoms with van der Waals surface area (Å²) in [6, 6.07) is 0. The zero-order valence-corrected chi connectivity index (χ0v) is 33.2. The molecule has 0 N–H and O–H groups in total. The second-order valence-electron chi connectivity index (χ2n) is 12.5. The van der Waals surface area contributed by atoms with Crippen LogP contribution in [-0.2, 0) is 28.7 Å². The van der Waals surface area contributed by atoms with E-state index in [1.54, 1.807) is 0 Å². The smallest absolute Gasteiger partial charge is 1.00 e. The molecule has 3 heterocycles. The number of hydrogen-bond acceptors (Lipinski definition) is 3. The van der Waals surface area contributed by atoms with E-state index in [1.165, 1.54) is 70.4 Å². The number of rotatable bonds is 4. The zero-order chi connectivity index (χ0) is 27.1. The first kappa shape index (κ1) is 36.8. The molecule has 2 aromatic heterocycles. The molecule has 0 aromatic carbocycles. The fourth-order valence-corrected chi connectivity index (χ4v) is 9.63. The van der Waals surface area contributed by atoms with Gasteiger partial charge in [0.2, 0.25) is 0 Å². The van der Waals surface area contributed by atoms with Crippen LogP contribution in [0.4, 0.5) is 0 Å². The minimum absolute atomic E-state index is 0. The van der Waals surface area contributed by atoms with Gasteiger partial charge in [0.15, 0.2) is 0 Å². The molecule has 2 aromatic rings. The SMILES string of the molecule is C1CCOC1.CCc1nc(I)c(I)n1C12CC(C)(C1)C2.CCc1nc(I)cn1C12CC(C)(C1)C2.C[CH-]C.[Cl-].[Mg+2]. The molecule has 216 valence electrons. The van der Waals surface area contributed by atoms with Crippen LogP contribution < -0.4 is 12.4 Å². The van der Waals surface area contributed by atoms with Crippen molar-refractivity contribution in [2.24, 2.45) is 10.8 Å². The van der Waals surface area contributed by atoms with E-state index in [-0.39, 0.29) is 35.5 Å². The minimum Gasteiger partial charge on any atom is -1.00 e. The summed E-state index contributed by atoms with van der Waals surface area (Å²) in [6.45, 7) is 15.2. The third-order valence-electron chi connectivity index (χ3n) is 8.58. The van der Waals surface area contributed by atoms with Gasteiger partial charge in [0.1, 0.15) is 22.8 Å². The predicted molar refractivity (Wildman–Crippen MR) is 183 cm³/mol. The van der Waals surface area contributed by atoms with Crippen molar-refractivity contribution in [2.45, 2.75) is 117 Å². The first-order valence-corrected chi connectivity index (χ1v) is 17.2. The third-order valence-corrected chi connectivity index (χ3v) is 11.9. The van der Waals surface area contributed by atoms with E-state index in [4.69, 9.17) is 4.74 Å². The number of halogens is 4. The van der Waals surface area contributed by atoms with Gasteiger partial charge < -0.3 is 32.7 Å². The maximum absolute atomic E-state index is 4.94. The van der Waals surface area contributed by atoms with Crippen molar-refractivity contribution in [1.29, 1.82) is 0 Å². The van der Waals surface area contributed by atoms with E-state index in [2.05, 4.69) is 121 Å². The number of hydrogen-bond donors (Lipinski definition) is 0. The molecule has 0 unspecified atom stereocenters. The van der Waals surface area contributed by atoms with Crippen LogP contribution in [-0.4, -0.2) is 55.4 Å². The summed E-state index contributed by atoms with van der Waals surface area (Å²) in [5, 5.41) is 0. The molecule has 7 aliphatic rings. The number of nitrogens with zero attached hydrogens (tertiary/aromatic N) is 4. The topological polar surface area (TPSA) is 44.9 Å². The maximum atomic E-state index is 4.94. The standard InChI is InChI=1S/C11H14I2N2.C11H15IN2.C4H8O.C3H7.ClH.Mg/c1-3-7-14-8(12)9(13)15(7)11-4-10(2,5-11)6-11;1-3-9-13-8(12)4-14(9)11-5-10(2,6-11)7-11;1-2-4-5-3-1;1-3-2;;/h3-6H2,1-2H3;4H,3,5-7H2,1-2H3;1-4H2;3H,1-2H3;1H;/q;;;-1;;+2/p-1. The summed E-state index contributed by atoms with van der Waals surface area (Å²) in [6.07, 6.45) is 17.1. The molecule has 5 nitrogen and oxygen atoms in total. The van der Waals surface area contributed by atoms with E-state index in [9.17, 15) is 0 Å². The Bertz CT molecular complexity index is 1050. The van der Waals surface area contributed by atoms with Crippen LogP contribution in [0.2, 0.25) is 0 Å². The Morgan fingerprint density at radius 1 is 0.846 bits per heavy atom. The van der Waals surface area contributed by atoms with E-state index in [0.29, 0.717) is 21.9 Å². The van der Waals surface area contributed by atoms with Crippen LogP contribution in [0.25, 0.3) is 0 Å². The summed E-state index contributed by atoms with van der Waals surface area (Å²) in [5.41, 5.74) is 2.30. The first-order chi connectivity index (χ1) is 17.5. The van der Waals surface area contributed by atoms with Crippen LogP contribution in [0.15, 0.2) is 6.20 Å². The second kappa shape index (κ2) is 14.6. The van der Waals surface area contributed by atoms with Gasteiger partial charge in [0.25, 0.3) is 0 Å². The van der Waals surface area contributed by atoms with Crippen LogP contribution in [0.1, 0.15) is 105 Å². The molecule has 0 atom stereocenters. The van der Waals surface area contributed by atoms with Gasteiger partial charge in [0, 0.05) is 43.3 Å². The van der Waals surface area contributed by atoms with Gasteiger partial charge in [-0.25, -0.2) is 9.97 Å². The van der Waals surface area contributed by atoms with Gasteiger partial charge >= 0.3 is 23.1 Å². The second-order valence-corrected chi connectivity index (χ2v) is 15.7. The van der Waals surface area contributed by atoms with Gasteiger partial charge in [-0.3, -0.25) is 0 Å². The van der Waals surface area contributed by atoms with E-state index < -0.39 is 0 Å². The Hall–Kier alpha value is 1.63. The Balaban J connectivity index is 0.000000207. The average Bonchev–Trinajstić information content (AvgIpc) is 3.52. The van der Waals surface area contributed by atoms with E-state index in [0.717, 1.165) is 29.8 Å². The fourth-order valence-electron chi connectivity index (χ4n) is 7.64. The summed E-state index contributed by atoms with van der Waals surface area (Å²) < 4.78 is 13.6. The molecule has 0 spiro atoms. The minimum atomic E-state index is 0. The number of aromatic nitrogens is 4. The molecule has 9 rings (SSSR count). The van der Waals surface area contributed by atoms with Crippen LogP contribution >= 0.6 is 67.8 Å². The average molecular weight is 905 g/mol. The Morgan fingerprint density at radius 3 is 1.69 bits per heavy atom. The molecular formula is C29H44ClI3MgN4O. The van der Waals surface area contributed by atoms with Gasteiger partial charge in [-0.2, -0.15) is 13.8 Å². The number of imidazole rings is 2. The summed E-state index contributed by atoms with van der Waals surface area (Å²) in [7, 11) is 0. The van der Waals surface area contributed by atoms with Crippen molar-refractivity contribution >= 4 is 90.8 Å². The van der Waals surface area contributed by atoms with Gasteiger partial charge in [0.05, 0.1) is 0 Å². The molecule has 7 fully saturated rings.